The van der Waals surface area contributed by atoms with E-state index in [0.29, 0.717) is 23.8 Å². The van der Waals surface area contributed by atoms with Gasteiger partial charge in [0.15, 0.2) is 5.65 Å². The van der Waals surface area contributed by atoms with Crippen LogP contribution in [0.3, 0.4) is 0 Å². The standard InChI is InChI=1S/C13H12BrN5/c1-16-6-10-17-12(15)8-5-7-3-2-4-9(14)11(7)19-13(8)18-10/h2-5,16H,6H2,1H3,(H2,15,17,18,19). The van der Waals surface area contributed by atoms with E-state index in [2.05, 4.69) is 36.2 Å². The van der Waals surface area contributed by atoms with E-state index in [-0.39, 0.29) is 0 Å². The maximum atomic E-state index is 5.99. The molecule has 0 bridgehead atoms. The molecule has 0 aliphatic heterocycles. The molecule has 2 heterocycles. The molecule has 0 amide bonds. The molecule has 0 saturated carbocycles. The number of para-hydroxylation sites is 1. The van der Waals surface area contributed by atoms with Crippen molar-refractivity contribution >= 4 is 43.7 Å². The van der Waals surface area contributed by atoms with Crippen LogP contribution in [0.4, 0.5) is 5.82 Å². The van der Waals surface area contributed by atoms with E-state index in [1.54, 1.807) is 0 Å². The van der Waals surface area contributed by atoms with Crippen LogP contribution in [0.2, 0.25) is 0 Å². The number of hydrogen-bond donors (Lipinski definition) is 2. The topological polar surface area (TPSA) is 76.7 Å². The summed E-state index contributed by atoms with van der Waals surface area (Å²) in [5.41, 5.74) is 7.49. The van der Waals surface area contributed by atoms with Gasteiger partial charge in [0.1, 0.15) is 11.6 Å². The van der Waals surface area contributed by atoms with Crippen molar-refractivity contribution in [2.45, 2.75) is 6.54 Å². The van der Waals surface area contributed by atoms with Gasteiger partial charge in [0.25, 0.3) is 0 Å². The van der Waals surface area contributed by atoms with Gasteiger partial charge < -0.3 is 11.1 Å². The van der Waals surface area contributed by atoms with Gasteiger partial charge in [-0.3, -0.25) is 0 Å². The Hall–Kier alpha value is -1.79. The maximum Gasteiger partial charge on any atom is 0.165 e. The molecule has 0 aliphatic rings. The van der Waals surface area contributed by atoms with Crippen molar-refractivity contribution in [1.29, 1.82) is 0 Å². The molecule has 0 fully saturated rings. The first kappa shape index (κ1) is 12.3. The minimum absolute atomic E-state index is 0.463. The zero-order chi connectivity index (χ0) is 13.4. The Morgan fingerprint density at radius 3 is 2.89 bits per heavy atom. The zero-order valence-electron chi connectivity index (χ0n) is 10.3. The Morgan fingerprint density at radius 2 is 2.11 bits per heavy atom. The predicted molar refractivity (Wildman–Crippen MR) is 79.7 cm³/mol. The van der Waals surface area contributed by atoms with Gasteiger partial charge >= 0.3 is 0 Å². The smallest absolute Gasteiger partial charge is 0.165 e. The Kier molecular flexibility index (Phi) is 3.04. The minimum atomic E-state index is 0.463. The van der Waals surface area contributed by atoms with Crippen molar-refractivity contribution in [2.24, 2.45) is 0 Å². The molecular weight excluding hydrogens is 306 g/mol. The summed E-state index contributed by atoms with van der Waals surface area (Å²) in [6.45, 7) is 0.565. The second-order valence-corrected chi connectivity index (χ2v) is 5.08. The molecule has 0 unspecified atom stereocenters. The molecule has 96 valence electrons. The van der Waals surface area contributed by atoms with Gasteiger partial charge in [-0.2, -0.15) is 0 Å². The SMILES string of the molecule is CNCc1nc(N)c2cc3cccc(Br)c3nc2n1. The Labute approximate surface area is 118 Å². The summed E-state index contributed by atoms with van der Waals surface area (Å²) >= 11 is 3.50. The lowest BCUT2D eigenvalue weighted by molar-refractivity contribution is 0.765. The van der Waals surface area contributed by atoms with Crippen molar-refractivity contribution in [1.82, 2.24) is 20.3 Å². The van der Waals surface area contributed by atoms with Crippen LogP contribution in [0.1, 0.15) is 5.82 Å². The molecule has 2 aromatic heterocycles. The van der Waals surface area contributed by atoms with Crippen LogP contribution in [0, 0.1) is 0 Å². The molecule has 0 spiro atoms. The van der Waals surface area contributed by atoms with E-state index in [9.17, 15) is 0 Å². The van der Waals surface area contributed by atoms with Crippen LogP contribution < -0.4 is 11.1 Å². The number of nitrogen functional groups attached to an aromatic ring is 1. The van der Waals surface area contributed by atoms with Gasteiger partial charge in [-0.15, -0.1) is 0 Å². The average molecular weight is 318 g/mol. The lowest BCUT2D eigenvalue weighted by Gasteiger charge is -2.06. The van der Waals surface area contributed by atoms with Crippen LogP contribution in [0.5, 0.6) is 0 Å². The number of rotatable bonds is 2. The predicted octanol–water partition coefficient (Wildman–Crippen LogP) is 2.24. The molecule has 0 saturated heterocycles. The molecule has 3 N–H and O–H groups in total. The fourth-order valence-corrected chi connectivity index (χ4v) is 2.48. The fraction of sp³-hybridized carbons (Fsp3) is 0.154. The summed E-state index contributed by atoms with van der Waals surface area (Å²) in [4.78, 5) is 13.3. The van der Waals surface area contributed by atoms with Crippen LogP contribution in [-0.2, 0) is 6.54 Å². The van der Waals surface area contributed by atoms with Crippen molar-refractivity contribution in [2.75, 3.05) is 12.8 Å². The largest absolute Gasteiger partial charge is 0.383 e. The third-order valence-electron chi connectivity index (χ3n) is 2.87. The van der Waals surface area contributed by atoms with Gasteiger partial charge in [0.05, 0.1) is 17.4 Å². The van der Waals surface area contributed by atoms with E-state index in [1.807, 2.05) is 31.3 Å². The number of fused-ring (bicyclic) bond motifs is 2. The third-order valence-corrected chi connectivity index (χ3v) is 3.51. The van der Waals surface area contributed by atoms with Crippen molar-refractivity contribution in [3.8, 4) is 0 Å². The number of benzene rings is 1. The first-order valence-corrected chi connectivity index (χ1v) is 6.64. The molecule has 3 aromatic rings. The molecule has 5 nitrogen and oxygen atoms in total. The number of nitrogens with two attached hydrogens (primary N) is 1. The Balaban J connectivity index is 2.35. The highest BCUT2D eigenvalue weighted by atomic mass is 79.9. The van der Waals surface area contributed by atoms with Gasteiger partial charge in [0.2, 0.25) is 0 Å². The monoisotopic (exact) mass is 317 g/mol. The Bertz CT molecular complexity index is 772. The van der Waals surface area contributed by atoms with E-state index < -0.39 is 0 Å². The lowest BCUT2D eigenvalue weighted by Crippen LogP contribution is -2.11. The molecule has 0 aliphatic carbocycles. The highest BCUT2D eigenvalue weighted by molar-refractivity contribution is 9.10. The van der Waals surface area contributed by atoms with Gasteiger partial charge in [-0.1, -0.05) is 12.1 Å². The van der Waals surface area contributed by atoms with Crippen LogP contribution in [0.25, 0.3) is 21.9 Å². The second kappa shape index (κ2) is 4.71. The molecular formula is C13H12BrN5. The summed E-state index contributed by atoms with van der Waals surface area (Å²) in [5.74, 6) is 1.11. The summed E-state index contributed by atoms with van der Waals surface area (Å²) in [7, 11) is 1.84. The van der Waals surface area contributed by atoms with E-state index in [0.717, 1.165) is 20.8 Å². The highest BCUT2D eigenvalue weighted by Crippen LogP contribution is 2.26. The van der Waals surface area contributed by atoms with Crippen LogP contribution in [-0.4, -0.2) is 22.0 Å². The van der Waals surface area contributed by atoms with Crippen molar-refractivity contribution in [3.63, 3.8) is 0 Å². The lowest BCUT2D eigenvalue weighted by atomic mass is 10.2. The molecule has 0 radical (unpaired) electrons. The number of nitrogens with zero attached hydrogens (tertiary/aromatic N) is 3. The van der Waals surface area contributed by atoms with E-state index in [4.69, 9.17) is 5.73 Å². The first-order chi connectivity index (χ1) is 9.19. The van der Waals surface area contributed by atoms with Crippen molar-refractivity contribution in [3.05, 3.63) is 34.6 Å². The van der Waals surface area contributed by atoms with Gasteiger partial charge in [-0.25, -0.2) is 15.0 Å². The first-order valence-electron chi connectivity index (χ1n) is 5.85. The summed E-state index contributed by atoms with van der Waals surface area (Å²) in [6, 6.07) is 7.89. The second-order valence-electron chi connectivity index (χ2n) is 4.23. The normalized spacial score (nSPS) is 11.3. The van der Waals surface area contributed by atoms with Crippen LogP contribution in [0.15, 0.2) is 28.7 Å². The van der Waals surface area contributed by atoms with Crippen molar-refractivity contribution < 1.29 is 0 Å². The summed E-state index contributed by atoms with van der Waals surface area (Å²) < 4.78 is 0.944. The maximum absolute atomic E-state index is 5.99. The van der Waals surface area contributed by atoms with E-state index in [1.165, 1.54) is 0 Å². The van der Waals surface area contributed by atoms with Gasteiger partial charge in [-0.05, 0) is 35.1 Å². The summed E-state index contributed by atoms with van der Waals surface area (Å²) in [5, 5.41) is 4.80. The minimum Gasteiger partial charge on any atom is -0.383 e. The number of nitrogens with one attached hydrogen (secondary N) is 1. The zero-order valence-corrected chi connectivity index (χ0v) is 11.9. The molecule has 6 heteroatoms. The quantitative estimate of drug-likeness (QED) is 0.709. The van der Waals surface area contributed by atoms with E-state index >= 15 is 0 Å². The molecule has 3 rings (SSSR count). The number of pyridine rings is 1. The molecule has 1 aromatic carbocycles. The van der Waals surface area contributed by atoms with Crippen LogP contribution >= 0.6 is 15.9 Å². The third kappa shape index (κ3) is 2.13. The average Bonchev–Trinajstić information content (AvgIpc) is 2.38. The Morgan fingerprint density at radius 1 is 1.26 bits per heavy atom. The molecule has 0 atom stereocenters. The highest BCUT2D eigenvalue weighted by Gasteiger charge is 2.09. The van der Waals surface area contributed by atoms with Gasteiger partial charge in [0, 0.05) is 9.86 Å². The number of anilines is 1. The number of hydrogen-bond acceptors (Lipinski definition) is 5. The molecule has 19 heavy (non-hydrogen) atoms. The summed E-state index contributed by atoms with van der Waals surface area (Å²) in [6.07, 6.45) is 0. The fourth-order valence-electron chi connectivity index (χ4n) is 2.01. The number of halogens is 1. The number of aromatic nitrogens is 3.